The van der Waals surface area contributed by atoms with E-state index in [2.05, 4.69) is 15.6 Å². The van der Waals surface area contributed by atoms with Crippen molar-refractivity contribution >= 4 is 28.9 Å². The van der Waals surface area contributed by atoms with Gasteiger partial charge in [-0.3, -0.25) is 4.79 Å². The van der Waals surface area contributed by atoms with Crippen LogP contribution in [-0.4, -0.2) is 52.8 Å². The molecule has 2 aromatic rings. The number of urea groups is 1. The topological polar surface area (TPSA) is 88.5 Å². The maximum Gasteiger partial charge on any atom is 0.322 e. The number of hydrogen-bond acceptors (Lipinski definition) is 6. The van der Waals surface area contributed by atoms with Crippen molar-refractivity contribution in [3.8, 4) is 0 Å². The standard InChI is InChI=1S/C15H19N5O3S/c1-19-4-3-16-13(14(19)21)17-8-12-9-20(5-6-23-12)15(22)18-11-2-7-24-10-11/h2-4,7,10,12H,5-6,8-9H2,1H3,(H,16,17)(H,18,22)/t12-/m0/s1. The van der Waals surface area contributed by atoms with E-state index in [0.717, 1.165) is 5.69 Å². The van der Waals surface area contributed by atoms with Crippen LogP contribution in [0.5, 0.6) is 0 Å². The van der Waals surface area contributed by atoms with Crippen molar-refractivity contribution < 1.29 is 9.53 Å². The van der Waals surface area contributed by atoms with E-state index in [1.165, 1.54) is 15.9 Å². The number of ether oxygens (including phenoxy) is 1. The van der Waals surface area contributed by atoms with Crippen LogP contribution in [0.15, 0.2) is 34.0 Å². The molecule has 0 aliphatic carbocycles. The van der Waals surface area contributed by atoms with E-state index < -0.39 is 0 Å². The second kappa shape index (κ2) is 7.45. The average molecular weight is 349 g/mol. The number of nitrogens with one attached hydrogen (secondary N) is 2. The number of anilines is 2. The van der Waals surface area contributed by atoms with Gasteiger partial charge in [-0.1, -0.05) is 0 Å². The Balaban J connectivity index is 1.54. The number of carbonyl (C=O) groups excluding carboxylic acids is 1. The first-order valence-electron chi connectivity index (χ1n) is 7.58. The van der Waals surface area contributed by atoms with Crippen molar-refractivity contribution in [2.75, 3.05) is 36.9 Å². The smallest absolute Gasteiger partial charge is 0.322 e. The second-order valence-corrected chi connectivity index (χ2v) is 6.23. The van der Waals surface area contributed by atoms with Crippen molar-refractivity contribution in [1.82, 2.24) is 14.5 Å². The summed E-state index contributed by atoms with van der Waals surface area (Å²) < 4.78 is 7.12. The van der Waals surface area contributed by atoms with Gasteiger partial charge in [0.25, 0.3) is 5.56 Å². The van der Waals surface area contributed by atoms with Gasteiger partial charge in [-0.15, -0.1) is 0 Å². The summed E-state index contributed by atoms with van der Waals surface area (Å²) in [5.41, 5.74) is 0.600. The third kappa shape index (κ3) is 3.92. The van der Waals surface area contributed by atoms with Crippen LogP contribution in [0, 0.1) is 0 Å². The van der Waals surface area contributed by atoms with Gasteiger partial charge >= 0.3 is 6.03 Å². The number of carbonyl (C=O) groups is 1. The molecule has 3 heterocycles. The van der Waals surface area contributed by atoms with E-state index in [4.69, 9.17) is 4.74 Å². The lowest BCUT2D eigenvalue weighted by atomic mass is 10.2. The number of hydrogen-bond donors (Lipinski definition) is 2. The molecule has 1 fully saturated rings. The summed E-state index contributed by atoms with van der Waals surface area (Å²) in [7, 11) is 1.67. The minimum Gasteiger partial charge on any atom is -0.373 e. The number of aryl methyl sites for hydroxylation is 1. The summed E-state index contributed by atoms with van der Waals surface area (Å²) in [4.78, 5) is 29.9. The normalized spacial score (nSPS) is 17.5. The predicted octanol–water partition coefficient (Wildman–Crippen LogP) is 1.19. The molecule has 0 radical (unpaired) electrons. The fraction of sp³-hybridized carbons (Fsp3) is 0.400. The van der Waals surface area contributed by atoms with Gasteiger partial charge in [0.05, 0.1) is 24.9 Å². The first kappa shape index (κ1) is 16.5. The summed E-state index contributed by atoms with van der Waals surface area (Å²) in [5, 5.41) is 9.66. The summed E-state index contributed by atoms with van der Waals surface area (Å²) in [5.74, 6) is 0.281. The van der Waals surface area contributed by atoms with Gasteiger partial charge in [0.2, 0.25) is 0 Å². The van der Waals surface area contributed by atoms with Gasteiger partial charge in [-0.25, -0.2) is 9.78 Å². The zero-order valence-electron chi connectivity index (χ0n) is 13.3. The van der Waals surface area contributed by atoms with Crippen LogP contribution in [0.2, 0.25) is 0 Å². The lowest BCUT2D eigenvalue weighted by Crippen LogP contribution is -2.49. The maximum absolute atomic E-state index is 12.3. The first-order valence-corrected chi connectivity index (χ1v) is 8.53. The number of nitrogens with zero attached hydrogens (tertiary/aromatic N) is 3. The molecule has 24 heavy (non-hydrogen) atoms. The Morgan fingerprint density at radius 2 is 2.42 bits per heavy atom. The molecule has 1 aliphatic rings. The molecule has 3 rings (SSSR count). The van der Waals surface area contributed by atoms with Gasteiger partial charge in [0, 0.05) is 37.9 Å². The molecular weight excluding hydrogens is 330 g/mol. The quantitative estimate of drug-likeness (QED) is 0.865. The van der Waals surface area contributed by atoms with Gasteiger partial charge in [0.1, 0.15) is 0 Å². The molecule has 2 N–H and O–H groups in total. The van der Waals surface area contributed by atoms with E-state index in [0.29, 0.717) is 26.2 Å². The molecule has 0 bridgehead atoms. The van der Waals surface area contributed by atoms with Gasteiger partial charge < -0.3 is 24.8 Å². The zero-order valence-corrected chi connectivity index (χ0v) is 14.1. The Kier molecular flexibility index (Phi) is 5.11. The van der Waals surface area contributed by atoms with Gasteiger partial charge in [0.15, 0.2) is 5.82 Å². The van der Waals surface area contributed by atoms with Crippen LogP contribution in [0.3, 0.4) is 0 Å². The van der Waals surface area contributed by atoms with Crippen LogP contribution >= 0.6 is 11.3 Å². The fourth-order valence-electron chi connectivity index (χ4n) is 2.40. The van der Waals surface area contributed by atoms with Crippen LogP contribution in [-0.2, 0) is 11.8 Å². The fourth-order valence-corrected chi connectivity index (χ4v) is 2.98. The minimum absolute atomic E-state index is 0.143. The molecule has 2 amide bonds. The van der Waals surface area contributed by atoms with E-state index in [1.54, 1.807) is 24.3 Å². The summed E-state index contributed by atoms with van der Waals surface area (Å²) in [6.45, 7) is 1.87. The van der Waals surface area contributed by atoms with E-state index in [9.17, 15) is 9.59 Å². The van der Waals surface area contributed by atoms with Crippen LogP contribution in [0.25, 0.3) is 0 Å². The highest BCUT2D eigenvalue weighted by atomic mass is 32.1. The SMILES string of the molecule is Cn1ccnc(NC[C@H]2CN(C(=O)Nc3ccsc3)CCO2)c1=O. The molecule has 9 heteroatoms. The van der Waals surface area contributed by atoms with E-state index >= 15 is 0 Å². The van der Waals surface area contributed by atoms with Crippen molar-refractivity contribution in [3.63, 3.8) is 0 Å². The maximum atomic E-state index is 12.3. The molecule has 0 aromatic carbocycles. The van der Waals surface area contributed by atoms with E-state index in [-0.39, 0.29) is 23.5 Å². The predicted molar refractivity (Wildman–Crippen MR) is 92.6 cm³/mol. The Labute approximate surface area is 143 Å². The number of amides is 2. The minimum atomic E-state index is -0.196. The largest absolute Gasteiger partial charge is 0.373 e. The van der Waals surface area contributed by atoms with Crippen LogP contribution < -0.4 is 16.2 Å². The third-order valence-corrected chi connectivity index (χ3v) is 4.40. The molecule has 2 aromatic heterocycles. The number of morpholine rings is 1. The number of rotatable bonds is 4. The van der Waals surface area contributed by atoms with E-state index in [1.807, 2.05) is 16.8 Å². The van der Waals surface area contributed by atoms with Crippen LogP contribution in [0.4, 0.5) is 16.3 Å². The first-order chi connectivity index (χ1) is 11.6. The van der Waals surface area contributed by atoms with Crippen LogP contribution in [0.1, 0.15) is 0 Å². The summed E-state index contributed by atoms with van der Waals surface area (Å²) in [6.07, 6.45) is 2.96. The van der Waals surface area contributed by atoms with Gasteiger partial charge in [-0.05, 0) is 11.4 Å². The molecule has 1 saturated heterocycles. The molecule has 0 unspecified atom stereocenters. The highest BCUT2D eigenvalue weighted by molar-refractivity contribution is 7.08. The molecule has 0 saturated carbocycles. The Bertz CT molecular complexity index is 746. The number of aromatic nitrogens is 2. The molecular formula is C15H19N5O3S. The monoisotopic (exact) mass is 349 g/mol. The molecule has 0 spiro atoms. The van der Waals surface area contributed by atoms with Gasteiger partial charge in [-0.2, -0.15) is 11.3 Å². The summed E-state index contributed by atoms with van der Waals surface area (Å²) >= 11 is 1.53. The van der Waals surface area contributed by atoms with Crippen molar-refractivity contribution in [3.05, 3.63) is 39.6 Å². The zero-order chi connectivity index (χ0) is 16.9. The molecule has 1 atom stereocenters. The Morgan fingerprint density at radius 1 is 1.54 bits per heavy atom. The average Bonchev–Trinajstić information content (AvgIpc) is 3.09. The molecule has 128 valence electrons. The van der Waals surface area contributed by atoms with Crippen molar-refractivity contribution in [2.45, 2.75) is 6.10 Å². The lowest BCUT2D eigenvalue weighted by molar-refractivity contribution is -0.00450. The molecule has 1 aliphatic heterocycles. The number of thiophene rings is 1. The summed E-state index contributed by atoms with van der Waals surface area (Å²) in [6, 6.07) is 1.72. The third-order valence-electron chi connectivity index (χ3n) is 3.71. The Hall–Kier alpha value is -2.39. The molecule has 8 nitrogen and oxygen atoms in total. The highest BCUT2D eigenvalue weighted by Crippen LogP contribution is 2.14. The lowest BCUT2D eigenvalue weighted by Gasteiger charge is -2.33. The van der Waals surface area contributed by atoms with Crippen molar-refractivity contribution in [2.24, 2.45) is 7.05 Å². The highest BCUT2D eigenvalue weighted by Gasteiger charge is 2.24. The second-order valence-electron chi connectivity index (χ2n) is 5.45. The van der Waals surface area contributed by atoms with Crippen molar-refractivity contribution in [1.29, 1.82) is 0 Å². The Morgan fingerprint density at radius 3 is 3.21 bits per heavy atom.